The molecule has 3 rings (SSSR count). The SMILES string of the molecule is N#CN[C@H]1C[C@@H]1C(=O)Nc1ncc(C2CCCCC2)s1. The Bertz CT molecular complexity index is 530. The molecule has 106 valence electrons. The Kier molecular flexibility index (Phi) is 3.88. The average Bonchev–Trinajstić information content (AvgIpc) is 3.09. The van der Waals surface area contributed by atoms with E-state index in [0.29, 0.717) is 11.0 Å². The van der Waals surface area contributed by atoms with E-state index in [1.165, 1.54) is 37.0 Å². The van der Waals surface area contributed by atoms with Gasteiger partial charge >= 0.3 is 0 Å². The second kappa shape index (κ2) is 5.80. The fraction of sp³-hybridized carbons (Fsp3) is 0.643. The Morgan fingerprint density at radius 2 is 2.20 bits per heavy atom. The number of thiazole rings is 1. The van der Waals surface area contributed by atoms with Crippen molar-refractivity contribution >= 4 is 22.4 Å². The molecule has 20 heavy (non-hydrogen) atoms. The molecule has 6 heteroatoms. The molecule has 1 aromatic rings. The van der Waals surface area contributed by atoms with Gasteiger partial charge in [-0.05, 0) is 25.2 Å². The van der Waals surface area contributed by atoms with Crippen molar-refractivity contribution in [1.29, 1.82) is 5.26 Å². The van der Waals surface area contributed by atoms with Crippen molar-refractivity contribution in [2.45, 2.75) is 50.5 Å². The molecule has 2 fully saturated rings. The zero-order chi connectivity index (χ0) is 13.9. The number of anilines is 1. The summed E-state index contributed by atoms with van der Waals surface area (Å²) in [5.41, 5.74) is 0. The molecule has 2 atom stereocenters. The van der Waals surface area contributed by atoms with Gasteiger partial charge < -0.3 is 10.6 Å². The molecule has 1 heterocycles. The van der Waals surface area contributed by atoms with Crippen LogP contribution in [-0.2, 0) is 4.79 Å². The molecule has 2 aliphatic carbocycles. The summed E-state index contributed by atoms with van der Waals surface area (Å²) in [6, 6.07) is 0.0118. The molecule has 0 bridgehead atoms. The van der Waals surface area contributed by atoms with Gasteiger partial charge in [-0.1, -0.05) is 19.3 Å². The van der Waals surface area contributed by atoms with Gasteiger partial charge in [-0.25, -0.2) is 4.98 Å². The lowest BCUT2D eigenvalue weighted by atomic mass is 9.89. The number of amides is 1. The van der Waals surface area contributed by atoms with Gasteiger partial charge in [0.05, 0.1) is 5.92 Å². The van der Waals surface area contributed by atoms with Crippen molar-refractivity contribution in [3.63, 3.8) is 0 Å². The van der Waals surface area contributed by atoms with Crippen molar-refractivity contribution in [1.82, 2.24) is 10.3 Å². The third-order valence-electron chi connectivity index (χ3n) is 4.14. The van der Waals surface area contributed by atoms with Crippen LogP contribution >= 0.6 is 11.3 Å². The first-order valence-electron chi connectivity index (χ1n) is 7.19. The summed E-state index contributed by atoms with van der Waals surface area (Å²) in [4.78, 5) is 17.6. The largest absolute Gasteiger partial charge is 0.320 e. The first-order chi connectivity index (χ1) is 9.78. The summed E-state index contributed by atoms with van der Waals surface area (Å²) in [7, 11) is 0. The quantitative estimate of drug-likeness (QED) is 0.660. The van der Waals surface area contributed by atoms with Crippen molar-refractivity contribution in [3.05, 3.63) is 11.1 Å². The molecule has 0 radical (unpaired) electrons. The lowest BCUT2D eigenvalue weighted by Gasteiger charge is -2.19. The molecular weight excluding hydrogens is 272 g/mol. The number of rotatable bonds is 4. The number of nitrogens with zero attached hydrogens (tertiary/aromatic N) is 2. The van der Waals surface area contributed by atoms with Crippen LogP contribution < -0.4 is 10.6 Å². The molecule has 0 spiro atoms. The number of hydrogen-bond donors (Lipinski definition) is 2. The van der Waals surface area contributed by atoms with Crippen LogP contribution in [0.25, 0.3) is 0 Å². The molecule has 2 saturated carbocycles. The fourth-order valence-corrected chi connectivity index (χ4v) is 3.83. The van der Waals surface area contributed by atoms with E-state index in [4.69, 9.17) is 5.26 Å². The molecule has 5 nitrogen and oxygen atoms in total. The minimum atomic E-state index is -0.0864. The lowest BCUT2D eigenvalue weighted by Crippen LogP contribution is -2.20. The van der Waals surface area contributed by atoms with Crippen LogP contribution in [0.15, 0.2) is 6.20 Å². The first kappa shape index (κ1) is 13.4. The fourth-order valence-electron chi connectivity index (χ4n) is 2.85. The van der Waals surface area contributed by atoms with E-state index in [9.17, 15) is 4.79 Å². The van der Waals surface area contributed by atoms with Gasteiger partial charge in [-0.15, -0.1) is 11.3 Å². The Morgan fingerprint density at radius 1 is 1.40 bits per heavy atom. The Labute approximate surface area is 122 Å². The third kappa shape index (κ3) is 2.93. The second-order valence-corrected chi connectivity index (χ2v) is 6.66. The first-order valence-corrected chi connectivity index (χ1v) is 8.01. The van der Waals surface area contributed by atoms with Crippen LogP contribution in [-0.4, -0.2) is 16.9 Å². The van der Waals surface area contributed by atoms with E-state index >= 15 is 0 Å². The van der Waals surface area contributed by atoms with Gasteiger partial charge in [0, 0.05) is 17.1 Å². The van der Waals surface area contributed by atoms with E-state index in [0.717, 1.165) is 6.42 Å². The van der Waals surface area contributed by atoms with Crippen molar-refractivity contribution in [3.8, 4) is 6.19 Å². The Balaban J connectivity index is 1.55. The highest BCUT2D eigenvalue weighted by molar-refractivity contribution is 7.15. The predicted molar refractivity (Wildman–Crippen MR) is 77.2 cm³/mol. The van der Waals surface area contributed by atoms with Gasteiger partial charge in [-0.2, -0.15) is 5.26 Å². The Hall–Kier alpha value is -1.61. The van der Waals surface area contributed by atoms with Gasteiger partial charge in [0.25, 0.3) is 0 Å². The van der Waals surface area contributed by atoms with E-state index in [1.54, 1.807) is 11.3 Å². The molecule has 0 saturated heterocycles. The van der Waals surface area contributed by atoms with Gasteiger partial charge in [-0.3, -0.25) is 4.79 Å². The van der Waals surface area contributed by atoms with E-state index in [2.05, 4.69) is 15.6 Å². The molecule has 2 N–H and O–H groups in total. The third-order valence-corrected chi connectivity index (χ3v) is 5.21. The molecule has 2 aliphatic rings. The highest BCUT2D eigenvalue weighted by atomic mass is 32.1. The smallest absolute Gasteiger partial charge is 0.231 e. The summed E-state index contributed by atoms with van der Waals surface area (Å²) in [5.74, 6) is 0.514. The maximum atomic E-state index is 12.0. The van der Waals surface area contributed by atoms with E-state index < -0.39 is 0 Å². The number of carbonyl (C=O) groups excluding carboxylic acids is 1. The van der Waals surface area contributed by atoms with Crippen LogP contribution in [0.5, 0.6) is 0 Å². The lowest BCUT2D eigenvalue weighted by molar-refractivity contribution is -0.117. The molecule has 0 unspecified atom stereocenters. The summed E-state index contributed by atoms with van der Waals surface area (Å²) in [6.45, 7) is 0. The summed E-state index contributed by atoms with van der Waals surface area (Å²) in [6.07, 6.45) is 11.0. The van der Waals surface area contributed by atoms with Crippen LogP contribution in [0.3, 0.4) is 0 Å². The average molecular weight is 290 g/mol. The molecule has 1 aromatic heterocycles. The van der Waals surface area contributed by atoms with Crippen molar-refractivity contribution < 1.29 is 4.79 Å². The number of aromatic nitrogens is 1. The van der Waals surface area contributed by atoms with Gasteiger partial charge in [0.15, 0.2) is 11.3 Å². The zero-order valence-electron chi connectivity index (χ0n) is 11.3. The second-order valence-electron chi connectivity index (χ2n) is 5.60. The number of hydrogen-bond acceptors (Lipinski definition) is 5. The van der Waals surface area contributed by atoms with Crippen LogP contribution in [0.1, 0.15) is 49.3 Å². The van der Waals surface area contributed by atoms with Gasteiger partial charge in [0.1, 0.15) is 0 Å². The van der Waals surface area contributed by atoms with Gasteiger partial charge in [0.2, 0.25) is 5.91 Å². The highest BCUT2D eigenvalue weighted by Crippen LogP contribution is 2.37. The standard InChI is InChI=1S/C14H18N4OS/c15-8-17-11-6-10(11)13(19)18-14-16-7-12(20-14)9-4-2-1-3-5-9/h7,9-11,17H,1-6H2,(H,16,18,19)/t10-,11-/m0/s1. The summed E-state index contributed by atoms with van der Waals surface area (Å²) < 4.78 is 0. The maximum absolute atomic E-state index is 12.0. The number of nitrogens with one attached hydrogen (secondary N) is 2. The molecule has 0 aliphatic heterocycles. The zero-order valence-corrected chi connectivity index (χ0v) is 12.1. The van der Waals surface area contributed by atoms with Crippen LogP contribution in [0.2, 0.25) is 0 Å². The van der Waals surface area contributed by atoms with E-state index in [1.807, 2.05) is 12.4 Å². The summed E-state index contributed by atoms with van der Waals surface area (Å²) in [5, 5.41) is 14.7. The van der Waals surface area contributed by atoms with Crippen LogP contribution in [0.4, 0.5) is 5.13 Å². The topological polar surface area (TPSA) is 77.8 Å². The Morgan fingerprint density at radius 3 is 2.95 bits per heavy atom. The minimum absolute atomic E-state index is 0.0118. The molecular formula is C14H18N4OS. The summed E-state index contributed by atoms with van der Waals surface area (Å²) >= 11 is 1.60. The minimum Gasteiger partial charge on any atom is -0.320 e. The highest BCUT2D eigenvalue weighted by Gasteiger charge is 2.43. The monoisotopic (exact) mass is 290 g/mol. The number of carbonyl (C=O) groups is 1. The predicted octanol–water partition coefficient (Wildman–Crippen LogP) is 2.59. The maximum Gasteiger partial charge on any atom is 0.231 e. The van der Waals surface area contributed by atoms with E-state index in [-0.39, 0.29) is 17.9 Å². The van der Waals surface area contributed by atoms with Crippen molar-refractivity contribution in [2.24, 2.45) is 5.92 Å². The van der Waals surface area contributed by atoms with Crippen LogP contribution in [0, 0.1) is 17.4 Å². The molecule has 1 amide bonds. The number of nitriles is 1. The normalized spacial score (nSPS) is 25.8. The molecule has 0 aromatic carbocycles. The van der Waals surface area contributed by atoms with Crippen molar-refractivity contribution in [2.75, 3.05) is 5.32 Å².